The molecule has 3 nitrogen and oxygen atoms in total. The summed E-state index contributed by atoms with van der Waals surface area (Å²) in [5.41, 5.74) is 0. The van der Waals surface area contributed by atoms with Gasteiger partial charge in [-0.25, -0.2) is 0 Å². The van der Waals surface area contributed by atoms with E-state index in [1.165, 1.54) is 13.8 Å². The van der Waals surface area contributed by atoms with Crippen LogP contribution in [0.2, 0.25) is 0 Å². The van der Waals surface area contributed by atoms with Crippen LogP contribution in [-0.2, 0) is 9.59 Å². The van der Waals surface area contributed by atoms with E-state index in [1.54, 1.807) is 0 Å². The van der Waals surface area contributed by atoms with Crippen molar-refractivity contribution in [1.29, 1.82) is 0 Å². The van der Waals surface area contributed by atoms with Crippen LogP contribution in [0.5, 0.6) is 0 Å². The number of ketones is 2. The Balaban J connectivity index is 3.49. The smallest absolute Gasteiger partial charge is 0.158 e. The third-order valence-electron chi connectivity index (χ3n) is 1.24. The molecule has 0 radical (unpaired) electrons. The third kappa shape index (κ3) is 4.21. The highest BCUT2D eigenvalue weighted by atomic mass is 16.3. The Morgan fingerprint density at radius 2 is 1.90 bits per heavy atom. The van der Waals surface area contributed by atoms with Crippen molar-refractivity contribution in [1.82, 2.24) is 0 Å². The SMILES string of the molecule is CC(=O)CCC(O)C(C)=O. The molecule has 1 atom stereocenters. The summed E-state index contributed by atoms with van der Waals surface area (Å²) in [4.78, 5) is 20.7. The second-order valence-electron chi connectivity index (χ2n) is 2.37. The second kappa shape index (κ2) is 4.17. The Hall–Kier alpha value is -0.700. The minimum absolute atomic E-state index is 0.000278. The van der Waals surface area contributed by atoms with E-state index in [0.717, 1.165) is 0 Å². The Kier molecular flexibility index (Phi) is 3.88. The zero-order chi connectivity index (χ0) is 8.15. The van der Waals surface area contributed by atoms with Gasteiger partial charge in [-0.2, -0.15) is 0 Å². The first-order valence-electron chi connectivity index (χ1n) is 3.22. The molecule has 0 rings (SSSR count). The zero-order valence-corrected chi connectivity index (χ0v) is 6.26. The molecule has 0 spiro atoms. The van der Waals surface area contributed by atoms with E-state index in [0.29, 0.717) is 0 Å². The van der Waals surface area contributed by atoms with Crippen LogP contribution < -0.4 is 0 Å². The minimum atomic E-state index is -0.955. The van der Waals surface area contributed by atoms with Crippen molar-refractivity contribution < 1.29 is 14.7 Å². The molecule has 0 saturated carbocycles. The summed E-state index contributed by atoms with van der Waals surface area (Å²) in [6, 6.07) is 0. The number of hydrogen-bond acceptors (Lipinski definition) is 3. The summed E-state index contributed by atoms with van der Waals surface area (Å²) in [6.07, 6.45) is -0.422. The van der Waals surface area contributed by atoms with Crippen molar-refractivity contribution in [2.75, 3.05) is 0 Å². The first-order valence-corrected chi connectivity index (χ1v) is 3.22. The highest BCUT2D eigenvalue weighted by Gasteiger charge is 2.09. The standard InChI is InChI=1S/C7H12O3/c1-5(8)3-4-7(10)6(2)9/h7,10H,3-4H2,1-2H3. The molecule has 0 fully saturated rings. The second-order valence-corrected chi connectivity index (χ2v) is 2.37. The van der Waals surface area contributed by atoms with E-state index in [9.17, 15) is 9.59 Å². The van der Waals surface area contributed by atoms with E-state index in [2.05, 4.69) is 0 Å². The monoisotopic (exact) mass is 144 g/mol. The predicted molar refractivity (Wildman–Crippen MR) is 36.6 cm³/mol. The lowest BCUT2D eigenvalue weighted by molar-refractivity contribution is -0.125. The highest BCUT2D eigenvalue weighted by Crippen LogP contribution is 1.98. The fourth-order valence-electron chi connectivity index (χ4n) is 0.543. The molecule has 0 aliphatic heterocycles. The molecule has 1 unspecified atom stereocenters. The number of Topliss-reactive ketones (excluding diaryl/α,β-unsaturated/α-hetero) is 2. The van der Waals surface area contributed by atoms with Crippen molar-refractivity contribution in [3.8, 4) is 0 Å². The average molecular weight is 144 g/mol. The van der Waals surface area contributed by atoms with Gasteiger partial charge in [-0.1, -0.05) is 0 Å². The maximum atomic E-state index is 10.4. The van der Waals surface area contributed by atoms with Gasteiger partial charge in [-0.3, -0.25) is 4.79 Å². The molecule has 0 aromatic rings. The van der Waals surface area contributed by atoms with E-state index in [-0.39, 0.29) is 24.4 Å². The summed E-state index contributed by atoms with van der Waals surface area (Å²) in [6.45, 7) is 2.75. The molecule has 58 valence electrons. The Bertz CT molecular complexity index is 140. The van der Waals surface area contributed by atoms with Gasteiger partial charge in [0.15, 0.2) is 5.78 Å². The lowest BCUT2D eigenvalue weighted by Gasteiger charge is -2.02. The molecule has 3 heteroatoms. The van der Waals surface area contributed by atoms with Crippen LogP contribution in [0.1, 0.15) is 26.7 Å². The molecular weight excluding hydrogens is 132 g/mol. The molecule has 0 aliphatic carbocycles. The minimum Gasteiger partial charge on any atom is -0.385 e. The summed E-state index contributed by atoms with van der Waals surface area (Å²) in [7, 11) is 0. The Morgan fingerprint density at radius 3 is 2.20 bits per heavy atom. The van der Waals surface area contributed by atoms with Crippen molar-refractivity contribution in [2.24, 2.45) is 0 Å². The molecule has 0 amide bonds. The van der Waals surface area contributed by atoms with E-state index < -0.39 is 6.10 Å². The molecule has 0 aliphatic rings. The first kappa shape index (κ1) is 9.30. The van der Waals surface area contributed by atoms with Gasteiger partial charge in [-0.15, -0.1) is 0 Å². The maximum Gasteiger partial charge on any atom is 0.158 e. The molecule has 0 saturated heterocycles. The van der Waals surface area contributed by atoms with Gasteiger partial charge in [0.2, 0.25) is 0 Å². The molecule has 1 N–H and O–H groups in total. The predicted octanol–water partition coefficient (Wildman–Crippen LogP) is 0.305. The Morgan fingerprint density at radius 1 is 1.40 bits per heavy atom. The van der Waals surface area contributed by atoms with Gasteiger partial charge >= 0.3 is 0 Å². The van der Waals surface area contributed by atoms with Crippen LogP contribution in [0.4, 0.5) is 0 Å². The summed E-state index contributed by atoms with van der Waals surface area (Å²) in [5, 5.41) is 8.87. The maximum absolute atomic E-state index is 10.4. The van der Waals surface area contributed by atoms with Crippen LogP contribution in [0.3, 0.4) is 0 Å². The van der Waals surface area contributed by atoms with Gasteiger partial charge in [0.05, 0.1) is 0 Å². The highest BCUT2D eigenvalue weighted by molar-refractivity contribution is 5.81. The van der Waals surface area contributed by atoms with Gasteiger partial charge in [0.1, 0.15) is 11.9 Å². The van der Waals surface area contributed by atoms with Crippen LogP contribution in [-0.4, -0.2) is 22.8 Å². The van der Waals surface area contributed by atoms with Crippen molar-refractivity contribution in [2.45, 2.75) is 32.8 Å². The molecule has 0 aromatic heterocycles. The summed E-state index contributed by atoms with van der Waals surface area (Å²) < 4.78 is 0. The molecule has 0 bridgehead atoms. The Labute approximate surface area is 60.0 Å². The van der Waals surface area contributed by atoms with Crippen molar-refractivity contribution in [3.63, 3.8) is 0 Å². The molecule has 0 aromatic carbocycles. The first-order chi connectivity index (χ1) is 4.54. The van der Waals surface area contributed by atoms with Crippen LogP contribution in [0, 0.1) is 0 Å². The van der Waals surface area contributed by atoms with E-state index >= 15 is 0 Å². The fourth-order valence-corrected chi connectivity index (χ4v) is 0.543. The van der Waals surface area contributed by atoms with Gasteiger partial charge in [0, 0.05) is 6.42 Å². The molecule has 10 heavy (non-hydrogen) atoms. The lowest BCUT2D eigenvalue weighted by Crippen LogP contribution is -2.17. The topological polar surface area (TPSA) is 54.4 Å². The summed E-state index contributed by atoms with van der Waals surface area (Å²) >= 11 is 0. The number of aliphatic hydroxyl groups is 1. The van der Waals surface area contributed by atoms with Crippen molar-refractivity contribution >= 4 is 11.6 Å². The summed E-state index contributed by atoms with van der Waals surface area (Å²) in [5.74, 6) is -0.276. The lowest BCUT2D eigenvalue weighted by atomic mass is 10.1. The number of rotatable bonds is 4. The number of carbonyl (C=O) groups excluding carboxylic acids is 2. The third-order valence-corrected chi connectivity index (χ3v) is 1.24. The zero-order valence-electron chi connectivity index (χ0n) is 6.26. The fraction of sp³-hybridized carbons (Fsp3) is 0.714. The van der Waals surface area contributed by atoms with Crippen LogP contribution in [0.15, 0.2) is 0 Å². The van der Waals surface area contributed by atoms with E-state index in [1.807, 2.05) is 0 Å². The largest absolute Gasteiger partial charge is 0.385 e. The number of carbonyl (C=O) groups is 2. The van der Waals surface area contributed by atoms with Gasteiger partial charge < -0.3 is 9.90 Å². The normalized spacial score (nSPS) is 12.7. The van der Waals surface area contributed by atoms with Gasteiger partial charge in [0.25, 0.3) is 0 Å². The van der Waals surface area contributed by atoms with Gasteiger partial charge in [-0.05, 0) is 20.3 Å². The average Bonchev–Trinajstić information content (AvgIpc) is 1.82. The van der Waals surface area contributed by atoms with E-state index in [4.69, 9.17) is 5.11 Å². The molecular formula is C7H12O3. The van der Waals surface area contributed by atoms with Crippen molar-refractivity contribution in [3.05, 3.63) is 0 Å². The molecule has 0 heterocycles. The number of hydrogen-bond donors (Lipinski definition) is 1. The van der Waals surface area contributed by atoms with Crippen LogP contribution >= 0.6 is 0 Å². The quantitative estimate of drug-likeness (QED) is 0.617. The van der Waals surface area contributed by atoms with Crippen LogP contribution in [0.25, 0.3) is 0 Å². The number of aliphatic hydroxyl groups excluding tert-OH is 1.